The summed E-state index contributed by atoms with van der Waals surface area (Å²) in [5.74, 6) is 0.768. The third kappa shape index (κ3) is 3.67. The number of nitrogens with zero attached hydrogens (tertiary/aromatic N) is 4. The zero-order valence-electron chi connectivity index (χ0n) is 15.8. The van der Waals surface area contributed by atoms with Crippen molar-refractivity contribution >= 4 is 6.03 Å². The van der Waals surface area contributed by atoms with E-state index in [9.17, 15) is 4.79 Å². The number of nitrogens with one attached hydrogen (secondary N) is 1. The zero-order chi connectivity index (χ0) is 18.2. The number of hydrogen-bond acceptors (Lipinski definition) is 3. The van der Waals surface area contributed by atoms with Gasteiger partial charge in [0, 0.05) is 13.1 Å². The first-order valence-electron chi connectivity index (χ1n) is 8.77. The number of amides is 2. The minimum absolute atomic E-state index is 0.0479. The number of aryl methyl sites for hydroxylation is 2. The lowest BCUT2D eigenvalue weighted by Gasteiger charge is -2.30. The Morgan fingerprint density at radius 3 is 2.76 bits per heavy atom. The van der Waals surface area contributed by atoms with Crippen LogP contribution >= 0.6 is 0 Å². The van der Waals surface area contributed by atoms with Crippen molar-refractivity contribution in [3.8, 4) is 0 Å². The molecule has 1 aliphatic rings. The van der Waals surface area contributed by atoms with Gasteiger partial charge in [-0.25, -0.2) is 14.5 Å². The van der Waals surface area contributed by atoms with Crippen LogP contribution < -0.4 is 5.32 Å². The van der Waals surface area contributed by atoms with Gasteiger partial charge in [-0.2, -0.15) is 5.10 Å². The highest BCUT2D eigenvalue weighted by molar-refractivity contribution is 5.74. The van der Waals surface area contributed by atoms with Crippen molar-refractivity contribution in [1.29, 1.82) is 0 Å². The highest BCUT2D eigenvalue weighted by Gasteiger charge is 2.23. The molecule has 1 aromatic carbocycles. The average molecular weight is 341 g/mol. The largest absolute Gasteiger partial charge is 0.331 e. The summed E-state index contributed by atoms with van der Waals surface area (Å²) < 4.78 is 1.85. The number of urea groups is 1. The van der Waals surface area contributed by atoms with E-state index in [0.29, 0.717) is 13.1 Å². The summed E-state index contributed by atoms with van der Waals surface area (Å²) in [6, 6.07) is 4.36. The van der Waals surface area contributed by atoms with Gasteiger partial charge in [-0.1, -0.05) is 17.7 Å². The zero-order valence-corrected chi connectivity index (χ0v) is 15.8. The molecule has 25 heavy (non-hydrogen) atoms. The number of carbonyl (C=O) groups is 1. The molecule has 0 unspecified atom stereocenters. The van der Waals surface area contributed by atoms with Crippen LogP contribution in [0.15, 0.2) is 18.5 Å². The van der Waals surface area contributed by atoms with E-state index >= 15 is 0 Å². The molecule has 1 aromatic heterocycles. The second-order valence-corrected chi connectivity index (χ2v) is 7.81. The predicted octanol–water partition coefficient (Wildman–Crippen LogP) is 2.92. The molecule has 0 saturated heterocycles. The molecule has 2 heterocycles. The molecule has 0 spiro atoms. The minimum atomic E-state index is -0.157. The molecule has 0 saturated carbocycles. The van der Waals surface area contributed by atoms with Crippen LogP contribution in [0.1, 0.15) is 48.8 Å². The van der Waals surface area contributed by atoms with Crippen molar-refractivity contribution in [3.63, 3.8) is 0 Å². The number of fused-ring (bicyclic) bond motifs is 1. The van der Waals surface area contributed by atoms with Gasteiger partial charge in [0.2, 0.25) is 0 Å². The van der Waals surface area contributed by atoms with E-state index in [-0.39, 0.29) is 11.6 Å². The lowest BCUT2D eigenvalue weighted by Crippen LogP contribution is -2.43. The van der Waals surface area contributed by atoms with Crippen LogP contribution in [0.2, 0.25) is 0 Å². The lowest BCUT2D eigenvalue weighted by molar-refractivity contribution is 0.191. The van der Waals surface area contributed by atoms with Crippen molar-refractivity contribution in [2.75, 3.05) is 6.54 Å². The maximum atomic E-state index is 12.6. The van der Waals surface area contributed by atoms with Crippen LogP contribution in [0.3, 0.4) is 0 Å². The van der Waals surface area contributed by atoms with Gasteiger partial charge >= 0.3 is 6.03 Å². The normalized spacial score (nSPS) is 14.4. The van der Waals surface area contributed by atoms with E-state index in [1.807, 2.05) is 9.58 Å². The number of hydrogen-bond donors (Lipinski definition) is 1. The molecule has 6 heteroatoms. The van der Waals surface area contributed by atoms with E-state index in [2.05, 4.69) is 62.2 Å². The van der Waals surface area contributed by atoms with Crippen molar-refractivity contribution in [2.45, 2.75) is 59.7 Å². The van der Waals surface area contributed by atoms with E-state index < -0.39 is 0 Å². The molecular weight excluding hydrogens is 314 g/mol. The SMILES string of the molecule is Cc1cc(C)c2c(c1)CN(C(=O)NCc1ncnn1C(C)(C)C)CC2. The quantitative estimate of drug-likeness (QED) is 0.913. The summed E-state index contributed by atoms with van der Waals surface area (Å²) in [4.78, 5) is 18.7. The maximum Gasteiger partial charge on any atom is 0.318 e. The third-order valence-corrected chi connectivity index (χ3v) is 4.64. The molecule has 0 atom stereocenters. The topological polar surface area (TPSA) is 63.1 Å². The van der Waals surface area contributed by atoms with Crippen LogP contribution in [0.25, 0.3) is 0 Å². The highest BCUT2D eigenvalue weighted by atomic mass is 16.2. The molecule has 0 radical (unpaired) electrons. The monoisotopic (exact) mass is 341 g/mol. The number of benzene rings is 1. The van der Waals surface area contributed by atoms with Gasteiger partial charge in [-0.05, 0) is 57.7 Å². The molecular formula is C19H27N5O. The average Bonchev–Trinajstić information content (AvgIpc) is 3.00. The van der Waals surface area contributed by atoms with Crippen LogP contribution in [-0.2, 0) is 25.0 Å². The molecule has 2 aromatic rings. The fourth-order valence-electron chi connectivity index (χ4n) is 3.50. The van der Waals surface area contributed by atoms with E-state index in [1.165, 1.54) is 28.6 Å². The summed E-state index contributed by atoms with van der Waals surface area (Å²) in [5, 5.41) is 7.26. The Bertz CT molecular complexity index is 788. The Balaban J connectivity index is 1.66. The summed E-state index contributed by atoms with van der Waals surface area (Å²) in [5.41, 5.74) is 5.07. The Morgan fingerprint density at radius 1 is 1.28 bits per heavy atom. The Hall–Kier alpha value is -2.37. The Kier molecular flexibility index (Phi) is 4.54. The first kappa shape index (κ1) is 17.5. The molecule has 2 amide bonds. The van der Waals surface area contributed by atoms with Crippen molar-refractivity contribution < 1.29 is 4.79 Å². The van der Waals surface area contributed by atoms with Crippen LogP contribution in [0.5, 0.6) is 0 Å². The Morgan fingerprint density at radius 2 is 2.04 bits per heavy atom. The first-order chi connectivity index (χ1) is 11.8. The van der Waals surface area contributed by atoms with E-state index in [4.69, 9.17) is 0 Å². The van der Waals surface area contributed by atoms with Gasteiger partial charge in [0.25, 0.3) is 0 Å². The number of aromatic nitrogens is 3. The second-order valence-electron chi connectivity index (χ2n) is 7.81. The second kappa shape index (κ2) is 6.50. The fraction of sp³-hybridized carbons (Fsp3) is 0.526. The van der Waals surface area contributed by atoms with Crippen molar-refractivity contribution in [1.82, 2.24) is 25.0 Å². The molecule has 134 valence electrons. The van der Waals surface area contributed by atoms with E-state index in [0.717, 1.165) is 18.8 Å². The van der Waals surface area contributed by atoms with Gasteiger partial charge < -0.3 is 10.2 Å². The van der Waals surface area contributed by atoms with Gasteiger partial charge in [0.05, 0.1) is 12.1 Å². The molecule has 1 aliphatic heterocycles. The number of carbonyl (C=O) groups excluding carboxylic acids is 1. The van der Waals surface area contributed by atoms with Gasteiger partial charge in [-0.3, -0.25) is 0 Å². The lowest BCUT2D eigenvalue weighted by atomic mass is 9.93. The summed E-state index contributed by atoms with van der Waals surface area (Å²) in [6.07, 6.45) is 2.45. The van der Waals surface area contributed by atoms with Crippen LogP contribution in [-0.4, -0.2) is 32.2 Å². The molecule has 6 nitrogen and oxygen atoms in total. The molecule has 0 aliphatic carbocycles. The van der Waals surface area contributed by atoms with Gasteiger partial charge in [0.15, 0.2) is 0 Å². The highest BCUT2D eigenvalue weighted by Crippen LogP contribution is 2.24. The summed E-state index contributed by atoms with van der Waals surface area (Å²) >= 11 is 0. The molecule has 0 bridgehead atoms. The third-order valence-electron chi connectivity index (χ3n) is 4.64. The fourth-order valence-corrected chi connectivity index (χ4v) is 3.50. The standard InChI is InChI=1S/C19H27N5O/c1-13-8-14(2)16-6-7-23(11-15(16)9-13)18(25)20-10-17-21-12-22-24(17)19(3,4)5/h8-9,12H,6-7,10-11H2,1-5H3,(H,20,25). The van der Waals surface area contributed by atoms with Gasteiger partial charge in [-0.15, -0.1) is 0 Å². The number of rotatable bonds is 2. The maximum absolute atomic E-state index is 12.6. The van der Waals surface area contributed by atoms with Crippen LogP contribution in [0, 0.1) is 13.8 Å². The first-order valence-corrected chi connectivity index (χ1v) is 8.77. The molecule has 0 fully saturated rings. The summed E-state index contributed by atoms with van der Waals surface area (Å²) in [6.45, 7) is 12.3. The van der Waals surface area contributed by atoms with Crippen molar-refractivity contribution in [2.24, 2.45) is 0 Å². The van der Waals surface area contributed by atoms with Gasteiger partial charge in [0.1, 0.15) is 12.2 Å². The predicted molar refractivity (Wildman–Crippen MR) is 97.3 cm³/mol. The summed E-state index contributed by atoms with van der Waals surface area (Å²) in [7, 11) is 0. The smallest absolute Gasteiger partial charge is 0.318 e. The minimum Gasteiger partial charge on any atom is -0.331 e. The van der Waals surface area contributed by atoms with E-state index in [1.54, 1.807) is 0 Å². The van der Waals surface area contributed by atoms with Crippen molar-refractivity contribution in [3.05, 3.63) is 46.5 Å². The molecule has 3 rings (SSSR count). The molecule has 1 N–H and O–H groups in total. The van der Waals surface area contributed by atoms with Crippen LogP contribution in [0.4, 0.5) is 4.79 Å². The Labute approximate surface area is 149 Å².